The summed E-state index contributed by atoms with van der Waals surface area (Å²) >= 11 is 0. The summed E-state index contributed by atoms with van der Waals surface area (Å²) in [5.74, 6) is -0.726. The minimum Gasteiger partial charge on any atom is -0.480 e. The Morgan fingerprint density at radius 1 is 1.56 bits per heavy atom. The normalized spacial score (nSPS) is 23.3. The SMILES string of the molecule is CC1(C(=O)O)CCCN1C(=O)c1ccc(CN)o1. The van der Waals surface area contributed by atoms with E-state index in [1.165, 1.54) is 11.0 Å². The third kappa shape index (κ3) is 1.88. The van der Waals surface area contributed by atoms with Crippen LogP contribution in [0, 0.1) is 0 Å². The van der Waals surface area contributed by atoms with Crippen molar-refractivity contribution in [2.45, 2.75) is 31.8 Å². The van der Waals surface area contributed by atoms with Crippen molar-refractivity contribution in [2.75, 3.05) is 6.54 Å². The van der Waals surface area contributed by atoms with Crippen LogP contribution in [0.4, 0.5) is 0 Å². The van der Waals surface area contributed by atoms with Crippen LogP contribution >= 0.6 is 0 Å². The van der Waals surface area contributed by atoms with Gasteiger partial charge in [0.1, 0.15) is 11.3 Å². The first kappa shape index (κ1) is 12.6. The predicted octanol–water partition coefficient (Wildman–Crippen LogP) is 0.818. The Balaban J connectivity index is 2.25. The average Bonchev–Trinajstić information content (AvgIpc) is 2.95. The summed E-state index contributed by atoms with van der Waals surface area (Å²) in [6.45, 7) is 2.21. The molecule has 0 radical (unpaired) electrons. The number of rotatable bonds is 3. The van der Waals surface area contributed by atoms with Crippen molar-refractivity contribution in [1.29, 1.82) is 0 Å². The molecule has 1 saturated heterocycles. The molecular weight excluding hydrogens is 236 g/mol. The minimum absolute atomic E-state index is 0.143. The van der Waals surface area contributed by atoms with Gasteiger partial charge in [-0.2, -0.15) is 0 Å². The molecule has 0 spiro atoms. The molecule has 1 atom stereocenters. The van der Waals surface area contributed by atoms with Gasteiger partial charge in [0.25, 0.3) is 5.91 Å². The van der Waals surface area contributed by atoms with Crippen molar-refractivity contribution in [2.24, 2.45) is 5.73 Å². The maximum Gasteiger partial charge on any atom is 0.329 e. The molecule has 1 aliphatic heterocycles. The summed E-state index contributed by atoms with van der Waals surface area (Å²) in [6.07, 6.45) is 1.14. The van der Waals surface area contributed by atoms with E-state index in [1.54, 1.807) is 13.0 Å². The molecule has 0 aliphatic carbocycles. The van der Waals surface area contributed by atoms with Gasteiger partial charge in [-0.05, 0) is 31.9 Å². The van der Waals surface area contributed by atoms with Gasteiger partial charge in [0.05, 0.1) is 6.54 Å². The van der Waals surface area contributed by atoms with Crippen molar-refractivity contribution in [3.05, 3.63) is 23.7 Å². The second-order valence-electron chi connectivity index (χ2n) is 4.61. The monoisotopic (exact) mass is 252 g/mol. The van der Waals surface area contributed by atoms with Crippen LogP contribution in [0.3, 0.4) is 0 Å². The van der Waals surface area contributed by atoms with Gasteiger partial charge in [0.15, 0.2) is 5.76 Å². The van der Waals surface area contributed by atoms with E-state index in [0.717, 1.165) is 0 Å². The molecule has 1 fully saturated rings. The number of nitrogens with two attached hydrogens (primary N) is 1. The molecule has 1 aromatic rings. The van der Waals surface area contributed by atoms with Gasteiger partial charge in [-0.3, -0.25) is 4.79 Å². The highest BCUT2D eigenvalue weighted by atomic mass is 16.4. The van der Waals surface area contributed by atoms with Crippen LogP contribution in [0.2, 0.25) is 0 Å². The molecule has 0 saturated carbocycles. The van der Waals surface area contributed by atoms with Crippen molar-refractivity contribution in [3.8, 4) is 0 Å². The van der Waals surface area contributed by atoms with Crippen molar-refractivity contribution in [1.82, 2.24) is 4.90 Å². The molecule has 1 unspecified atom stereocenters. The summed E-state index contributed by atoms with van der Waals surface area (Å²) in [4.78, 5) is 24.9. The van der Waals surface area contributed by atoms with Crippen LogP contribution < -0.4 is 5.73 Å². The predicted molar refractivity (Wildman–Crippen MR) is 62.9 cm³/mol. The van der Waals surface area contributed by atoms with Gasteiger partial charge in [0, 0.05) is 6.54 Å². The minimum atomic E-state index is -1.15. The summed E-state index contributed by atoms with van der Waals surface area (Å²) in [5.41, 5.74) is 4.26. The summed E-state index contributed by atoms with van der Waals surface area (Å²) in [6, 6.07) is 3.16. The molecule has 6 heteroatoms. The topological polar surface area (TPSA) is 96.8 Å². The molecule has 2 rings (SSSR count). The van der Waals surface area contributed by atoms with Crippen LogP contribution in [0.25, 0.3) is 0 Å². The lowest BCUT2D eigenvalue weighted by Crippen LogP contribution is -2.50. The maximum atomic E-state index is 12.2. The number of carbonyl (C=O) groups excluding carboxylic acids is 1. The second-order valence-corrected chi connectivity index (χ2v) is 4.61. The van der Waals surface area contributed by atoms with E-state index < -0.39 is 17.4 Å². The lowest BCUT2D eigenvalue weighted by atomic mass is 9.99. The lowest BCUT2D eigenvalue weighted by Gasteiger charge is -2.30. The maximum absolute atomic E-state index is 12.2. The van der Waals surface area contributed by atoms with E-state index in [9.17, 15) is 14.7 Å². The summed E-state index contributed by atoms with van der Waals surface area (Å²) in [7, 11) is 0. The van der Waals surface area contributed by atoms with Gasteiger partial charge in [-0.25, -0.2) is 4.79 Å². The molecule has 1 aliphatic rings. The van der Waals surface area contributed by atoms with Crippen molar-refractivity contribution in [3.63, 3.8) is 0 Å². The molecule has 6 nitrogen and oxygen atoms in total. The van der Waals surface area contributed by atoms with Gasteiger partial charge in [0.2, 0.25) is 0 Å². The number of carboxylic acid groups (broad SMARTS) is 1. The van der Waals surface area contributed by atoms with Crippen LogP contribution in [-0.2, 0) is 11.3 Å². The number of nitrogens with zero attached hydrogens (tertiary/aromatic N) is 1. The number of carboxylic acids is 1. The molecule has 98 valence electrons. The molecule has 3 N–H and O–H groups in total. The van der Waals surface area contributed by atoms with E-state index in [2.05, 4.69) is 0 Å². The Labute approximate surface area is 104 Å². The Morgan fingerprint density at radius 2 is 2.28 bits per heavy atom. The molecule has 2 heterocycles. The van der Waals surface area contributed by atoms with E-state index in [0.29, 0.717) is 25.1 Å². The van der Waals surface area contributed by atoms with Gasteiger partial charge < -0.3 is 20.2 Å². The largest absolute Gasteiger partial charge is 0.480 e. The first-order chi connectivity index (χ1) is 8.49. The number of likely N-dealkylation sites (tertiary alicyclic amines) is 1. The number of carbonyl (C=O) groups is 2. The molecule has 1 aromatic heterocycles. The first-order valence-electron chi connectivity index (χ1n) is 5.83. The Hall–Kier alpha value is -1.82. The van der Waals surface area contributed by atoms with E-state index >= 15 is 0 Å². The molecule has 0 bridgehead atoms. The van der Waals surface area contributed by atoms with E-state index in [-0.39, 0.29) is 12.3 Å². The highest BCUT2D eigenvalue weighted by Gasteiger charge is 2.46. The van der Waals surface area contributed by atoms with Crippen LogP contribution in [0.1, 0.15) is 36.1 Å². The fraction of sp³-hybridized carbons (Fsp3) is 0.500. The zero-order chi connectivity index (χ0) is 13.3. The molecule has 1 amide bonds. The number of hydrogen-bond donors (Lipinski definition) is 2. The molecular formula is C12H16N2O4. The van der Waals surface area contributed by atoms with E-state index in [1.807, 2.05) is 0 Å². The number of aliphatic carboxylic acids is 1. The van der Waals surface area contributed by atoms with Crippen molar-refractivity contribution >= 4 is 11.9 Å². The summed E-state index contributed by atoms with van der Waals surface area (Å²) < 4.78 is 5.27. The van der Waals surface area contributed by atoms with Crippen LogP contribution in [-0.4, -0.2) is 34.0 Å². The number of hydrogen-bond acceptors (Lipinski definition) is 4. The first-order valence-corrected chi connectivity index (χ1v) is 5.83. The van der Waals surface area contributed by atoms with Gasteiger partial charge in [-0.1, -0.05) is 0 Å². The zero-order valence-electron chi connectivity index (χ0n) is 10.2. The van der Waals surface area contributed by atoms with Gasteiger partial charge >= 0.3 is 5.97 Å². The third-order valence-electron chi connectivity index (χ3n) is 3.42. The van der Waals surface area contributed by atoms with Crippen LogP contribution in [0.15, 0.2) is 16.5 Å². The zero-order valence-corrected chi connectivity index (χ0v) is 10.2. The Morgan fingerprint density at radius 3 is 2.83 bits per heavy atom. The smallest absolute Gasteiger partial charge is 0.329 e. The van der Waals surface area contributed by atoms with Crippen LogP contribution in [0.5, 0.6) is 0 Å². The average molecular weight is 252 g/mol. The Bertz CT molecular complexity index is 482. The van der Waals surface area contributed by atoms with E-state index in [4.69, 9.17) is 10.2 Å². The quantitative estimate of drug-likeness (QED) is 0.830. The Kier molecular flexibility index (Phi) is 3.13. The lowest BCUT2D eigenvalue weighted by molar-refractivity contribution is -0.147. The highest BCUT2D eigenvalue weighted by molar-refractivity contribution is 5.96. The van der Waals surface area contributed by atoms with Crippen molar-refractivity contribution < 1.29 is 19.1 Å². The standard InChI is InChI=1S/C12H16N2O4/c1-12(11(16)17)5-2-6-14(12)10(15)9-4-3-8(7-13)18-9/h3-4H,2,5-7,13H2,1H3,(H,16,17). The highest BCUT2D eigenvalue weighted by Crippen LogP contribution is 2.31. The number of furan rings is 1. The second kappa shape index (κ2) is 4.45. The number of amides is 1. The molecule has 18 heavy (non-hydrogen) atoms. The fourth-order valence-corrected chi connectivity index (χ4v) is 2.25. The fourth-order valence-electron chi connectivity index (χ4n) is 2.25. The van der Waals surface area contributed by atoms with Gasteiger partial charge in [-0.15, -0.1) is 0 Å². The summed E-state index contributed by atoms with van der Waals surface area (Å²) in [5, 5.41) is 9.25. The third-order valence-corrected chi connectivity index (χ3v) is 3.42. The molecule has 0 aromatic carbocycles.